The molecule has 0 bridgehead atoms. The second-order valence-corrected chi connectivity index (χ2v) is 7.95. The second-order valence-electron chi connectivity index (χ2n) is 7.54. The molecule has 1 spiro atoms. The lowest BCUT2D eigenvalue weighted by atomic mass is 9.96. The molecule has 0 atom stereocenters. The number of rotatable bonds is 4. The molecule has 2 aliphatic heterocycles. The smallest absolute Gasteiger partial charge is 0.258 e. The molecule has 0 aromatic heterocycles. The van der Waals surface area contributed by atoms with Crippen LogP contribution >= 0.6 is 11.6 Å². The summed E-state index contributed by atoms with van der Waals surface area (Å²) in [5, 5.41) is 10.7. The monoisotopic (exact) mass is 442 g/mol. The van der Waals surface area contributed by atoms with E-state index < -0.39 is 5.72 Å². The minimum atomic E-state index is -0.854. The number of amides is 2. The van der Waals surface area contributed by atoms with Crippen molar-refractivity contribution in [2.75, 3.05) is 25.4 Å². The number of hydrogen-bond acceptors (Lipinski definition) is 6. The van der Waals surface area contributed by atoms with E-state index in [-0.39, 0.29) is 22.5 Å². The van der Waals surface area contributed by atoms with Crippen molar-refractivity contribution in [1.82, 2.24) is 10.2 Å². The van der Waals surface area contributed by atoms with Crippen LogP contribution in [-0.2, 0) is 0 Å². The molecule has 162 valence electrons. The van der Waals surface area contributed by atoms with Gasteiger partial charge in [-0.3, -0.25) is 9.59 Å². The van der Waals surface area contributed by atoms with Gasteiger partial charge in [-0.25, -0.2) is 0 Å². The van der Waals surface area contributed by atoms with Crippen LogP contribution in [0, 0.1) is 5.41 Å². The Morgan fingerprint density at radius 1 is 1.35 bits per heavy atom. The van der Waals surface area contributed by atoms with E-state index in [0.717, 1.165) is 6.21 Å². The lowest BCUT2D eigenvalue weighted by Crippen LogP contribution is -2.61. The summed E-state index contributed by atoms with van der Waals surface area (Å²) in [6, 6.07) is 8.27. The molecule has 0 unspecified atom stereocenters. The van der Waals surface area contributed by atoms with E-state index in [1.807, 2.05) is 6.92 Å². The first-order chi connectivity index (χ1) is 14.9. The summed E-state index contributed by atoms with van der Waals surface area (Å²) < 4.78 is 11.6. The van der Waals surface area contributed by atoms with Crippen LogP contribution in [-0.4, -0.2) is 48.4 Å². The number of nitrogens with one attached hydrogen (secondary N) is 2. The number of carbonyl (C=O) groups is 2. The van der Waals surface area contributed by atoms with Gasteiger partial charge in [0.05, 0.1) is 22.9 Å². The molecule has 4 N–H and O–H groups in total. The van der Waals surface area contributed by atoms with E-state index in [4.69, 9.17) is 32.2 Å². The van der Waals surface area contributed by atoms with E-state index in [2.05, 4.69) is 5.32 Å². The molecule has 1 saturated heterocycles. The molecular weight excluding hydrogens is 420 g/mol. The molecular formula is C22H23ClN4O4. The number of ether oxygens (including phenoxy) is 2. The minimum absolute atomic E-state index is 0.205. The largest absolute Gasteiger partial charge is 0.494 e. The van der Waals surface area contributed by atoms with E-state index in [0.29, 0.717) is 60.7 Å². The number of nitrogens with zero attached hydrogens (tertiary/aromatic N) is 1. The number of halogens is 1. The Bertz CT molecular complexity index is 1060. The van der Waals surface area contributed by atoms with Crippen molar-refractivity contribution >= 4 is 35.3 Å². The Balaban J connectivity index is 1.48. The number of hydrogen-bond donors (Lipinski definition) is 3. The summed E-state index contributed by atoms with van der Waals surface area (Å²) in [4.78, 5) is 27.4. The highest BCUT2D eigenvalue weighted by Crippen LogP contribution is 2.36. The molecule has 1 fully saturated rings. The Labute approximate surface area is 184 Å². The van der Waals surface area contributed by atoms with Crippen LogP contribution in [0.15, 0.2) is 30.3 Å². The molecule has 0 saturated carbocycles. The van der Waals surface area contributed by atoms with Gasteiger partial charge in [0.25, 0.3) is 11.8 Å². The molecule has 2 aromatic carbocycles. The maximum atomic E-state index is 13.0. The van der Waals surface area contributed by atoms with Gasteiger partial charge in [0.1, 0.15) is 11.5 Å². The van der Waals surface area contributed by atoms with E-state index >= 15 is 0 Å². The van der Waals surface area contributed by atoms with Gasteiger partial charge in [-0.2, -0.15) is 0 Å². The van der Waals surface area contributed by atoms with Crippen molar-refractivity contribution in [1.29, 1.82) is 5.41 Å². The van der Waals surface area contributed by atoms with Crippen LogP contribution in [0.3, 0.4) is 0 Å². The molecule has 8 nitrogen and oxygen atoms in total. The second kappa shape index (κ2) is 8.11. The van der Waals surface area contributed by atoms with Crippen LogP contribution in [0.25, 0.3) is 0 Å². The first-order valence-electron chi connectivity index (χ1n) is 10.0. The van der Waals surface area contributed by atoms with Crippen LogP contribution < -0.4 is 20.5 Å². The summed E-state index contributed by atoms with van der Waals surface area (Å²) in [5.41, 5.74) is 6.46. The number of piperidine rings is 1. The lowest BCUT2D eigenvalue weighted by Gasteiger charge is -2.44. The predicted molar refractivity (Wildman–Crippen MR) is 117 cm³/mol. The zero-order chi connectivity index (χ0) is 22.2. The van der Waals surface area contributed by atoms with Gasteiger partial charge < -0.3 is 30.8 Å². The van der Waals surface area contributed by atoms with Crippen LogP contribution in [0.1, 0.15) is 46.0 Å². The zero-order valence-electron chi connectivity index (χ0n) is 17.0. The van der Waals surface area contributed by atoms with E-state index in [1.165, 1.54) is 6.07 Å². The van der Waals surface area contributed by atoms with Gasteiger partial charge in [-0.1, -0.05) is 11.6 Å². The number of anilines is 1. The number of benzene rings is 2. The molecule has 0 radical (unpaired) electrons. The lowest BCUT2D eigenvalue weighted by molar-refractivity contribution is -0.0246. The molecule has 2 heterocycles. The summed E-state index contributed by atoms with van der Waals surface area (Å²) in [6.45, 7) is 3.18. The van der Waals surface area contributed by atoms with Gasteiger partial charge in [-0.05, 0) is 37.3 Å². The molecule has 31 heavy (non-hydrogen) atoms. The molecule has 0 aliphatic carbocycles. The zero-order valence-corrected chi connectivity index (χ0v) is 17.8. The fourth-order valence-electron chi connectivity index (χ4n) is 3.90. The minimum Gasteiger partial charge on any atom is -0.494 e. The highest BCUT2D eigenvalue weighted by atomic mass is 35.5. The van der Waals surface area contributed by atoms with Gasteiger partial charge in [0.15, 0.2) is 5.72 Å². The van der Waals surface area contributed by atoms with E-state index in [1.54, 1.807) is 29.2 Å². The van der Waals surface area contributed by atoms with Crippen molar-refractivity contribution in [2.45, 2.75) is 25.5 Å². The highest BCUT2D eigenvalue weighted by molar-refractivity contribution is 6.34. The fourth-order valence-corrected chi connectivity index (χ4v) is 4.13. The van der Waals surface area contributed by atoms with Gasteiger partial charge >= 0.3 is 0 Å². The Morgan fingerprint density at radius 2 is 2.10 bits per heavy atom. The molecule has 4 rings (SSSR count). The van der Waals surface area contributed by atoms with Crippen LogP contribution in [0.5, 0.6) is 11.5 Å². The maximum absolute atomic E-state index is 13.0. The SMILES string of the molecule is CCOc1ccc2c(c1)C(=O)NC1(CCN(C(=O)c3cc(Cl)c(N)c(C=N)c3)CC1)O2. The first kappa shape index (κ1) is 21.0. The third-order valence-corrected chi connectivity index (χ3v) is 5.89. The third kappa shape index (κ3) is 3.90. The summed E-state index contributed by atoms with van der Waals surface area (Å²) >= 11 is 6.12. The van der Waals surface area contributed by atoms with Crippen molar-refractivity contribution in [3.05, 3.63) is 52.0 Å². The highest BCUT2D eigenvalue weighted by Gasteiger charge is 2.43. The van der Waals surface area contributed by atoms with Crippen LogP contribution in [0.4, 0.5) is 5.69 Å². The first-order valence-corrected chi connectivity index (χ1v) is 10.4. The van der Waals surface area contributed by atoms with Gasteiger partial charge in [0, 0.05) is 43.3 Å². The van der Waals surface area contributed by atoms with Gasteiger partial charge in [0.2, 0.25) is 0 Å². The van der Waals surface area contributed by atoms with Crippen molar-refractivity contribution in [3.63, 3.8) is 0 Å². The molecule has 2 aromatic rings. The van der Waals surface area contributed by atoms with Gasteiger partial charge in [-0.15, -0.1) is 0 Å². The standard InChI is InChI=1S/C22H23ClN4O4/c1-2-30-15-3-4-18-16(11-15)20(28)26-22(31-18)5-7-27(8-6-22)21(29)13-9-14(12-24)19(25)17(23)10-13/h3-4,9-12,24H,2,5-8,25H2,1H3,(H,26,28). The Hall–Kier alpha value is -3.26. The number of nitrogens with two attached hydrogens (primary N) is 1. The Kier molecular flexibility index (Phi) is 5.49. The number of fused-ring (bicyclic) bond motifs is 1. The van der Waals surface area contributed by atoms with Crippen molar-refractivity contribution in [2.24, 2.45) is 0 Å². The molecule has 2 aliphatic rings. The predicted octanol–water partition coefficient (Wildman–Crippen LogP) is 3.07. The number of carbonyl (C=O) groups excluding carboxylic acids is 2. The van der Waals surface area contributed by atoms with Crippen molar-refractivity contribution < 1.29 is 19.1 Å². The maximum Gasteiger partial charge on any atom is 0.258 e. The summed E-state index contributed by atoms with van der Waals surface area (Å²) in [7, 11) is 0. The normalized spacial score (nSPS) is 16.8. The quantitative estimate of drug-likeness (QED) is 0.496. The average molecular weight is 443 g/mol. The summed E-state index contributed by atoms with van der Waals surface area (Å²) in [5.74, 6) is 0.697. The summed E-state index contributed by atoms with van der Waals surface area (Å²) in [6.07, 6.45) is 1.96. The molecule has 9 heteroatoms. The number of likely N-dealkylation sites (tertiary alicyclic amines) is 1. The topological polar surface area (TPSA) is 118 Å². The van der Waals surface area contributed by atoms with E-state index in [9.17, 15) is 9.59 Å². The fraction of sp³-hybridized carbons (Fsp3) is 0.318. The Morgan fingerprint density at radius 3 is 2.77 bits per heavy atom. The third-order valence-electron chi connectivity index (χ3n) is 5.58. The average Bonchev–Trinajstić information content (AvgIpc) is 2.76. The molecule has 2 amide bonds. The van der Waals surface area contributed by atoms with Crippen molar-refractivity contribution in [3.8, 4) is 11.5 Å². The number of nitrogen functional groups attached to an aromatic ring is 1. The van der Waals surface area contributed by atoms with Crippen LogP contribution in [0.2, 0.25) is 5.02 Å².